The average molecular weight is 259 g/mol. The molecule has 1 N–H and O–H groups in total. The highest BCUT2D eigenvalue weighted by Crippen LogP contribution is 2.31. The van der Waals surface area contributed by atoms with E-state index in [1.807, 2.05) is 5.38 Å². The fourth-order valence-corrected chi connectivity index (χ4v) is 3.37. The smallest absolute Gasteiger partial charge is 0.123 e. The van der Waals surface area contributed by atoms with Crippen molar-refractivity contribution in [2.75, 3.05) is 0 Å². The van der Waals surface area contributed by atoms with Gasteiger partial charge in [0.15, 0.2) is 0 Å². The lowest BCUT2D eigenvalue weighted by atomic mass is 10.1. The normalized spacial score (nSPS) is 14.8. The standard InChI is InChI=1S/C15H17NOS/c1-15(2,17)13-9-18-14(16-13)12-7-6-10-4-3-5-11(10)8-12/h6-9,17H,3-5H2,1-2H3. The highest BCUT2D eigenvalue weighted by atomic mass is 32.1. The van der Waals surface area contributed by atoms with Gasteiger partial charge in [-0.3, -0.25) is 0 Å². The van der Waals surface area contributed by atoms with Crippen molar-refractivity contribution in [2.45, 2.75) is 38.7 Å². The highest BCUT2D eigenvalue weighted by molar-refractivity contribution is 7.13. The Hall–Kier alpha value is -1.19. The molecule has 0 amide bonds. The van der Waals surface area contributed by atoms with Crippen LogP contribution in [-0.2, 0) is 18.4 Å². The first-order chi connectivity index (χ1) is 8.54. The minimum Gasteiger partial charge on any atom is -0.384 e. The SMILES string of the molecule is CC(C)(O)c1csc(-c2ccc3c(c2)CCC3)n1. The molecule has 2 aromatic rings. The number of nitrogens with zero attached hydrogens (tertiary/aromatic N) is 1. The first-order valence-electron chi connectivity index (χ1n) is 6.34. The maximum atomic E-state index is 9.95. The third-order valence-corrected chi connectivity index (χ3v) is 4.37. The molecule has 2 nitrogen and oxygen atoms in total. The Morgan fingerprint density at radius 3 is 2.72 bits per heavy atom. The van der Waals surface area contributed by atoms with Gasteiger partial charge in [0.25, 0.3) is 0 Å². The van der Waals surface area contributed by atoms with E-state index in [1.54, 1.807) is 25.2 Å². The van der Waals surface area contributed by atoms with Gasteiger partial charge >= 0.3 is 0 Å². The van der Waals surface area contributed by atoms with Crippen LogP contribution in [-0.4, -0.2) is 10.1 Å². The van der Waals surface area contributed by atoms with E-state index in [-0.39, 0.29) is 0 Å². The Morgan fingerprint density at radius 2 is 2.00 bits per heavy atom. The molecule has 1 aliphatic rings. The van der Waals surface area contributed by atoms with Crippen molar-refractivity contribution in [2.24, 2.45) is 0 Å². The third kappa shape index (κ3) is 2.08. The molecule has 0 fully saturated rings. The topological polar surface area (TPSA) is 33.1 Å². The number of hydrogen-bond acceptors (Lipinski definition) is 3. The molecular formula is C15H17NOS. The maximum absolute atomic E-state index is 9.95. The first kappa shape index (κ1) is 11.9. The van der Waals surface area contributed by atoms with Gasteiger partial charge in [-0.1, -0.05) is 12.1 Å². The van der Waals surface area contributed by atoms with Crippen LogP contribution in [0.4, 0.5) is 0 Å². The van der Waals surface area contributed by atoms with Gasteiger partial charge in [-0.25, -0.2) is 4.98 Å². The summed E-state index contributed by atoms with van der Waals surface area (Å²) in [5.74, 6) is 0. The van der Waals surface area contributed by atoms with Gasteiger partial charge in [0.1, 0.15) is 10.6 Å². The zero-order valence-corrected chi connectivity index (χ0v) is 11.5. The number of thiazole rings is 1. The van der Waals surface area contributed by atoms with Crippen LogP contribution in [0.1, 0.15) is 37.1 Å². The first-order valence-corrected chi connectivity index (χ1v) is 7.22. The number of aliphatic hydroxyl groups is 1. The van der Waals surface area contributed by atoms with Crippen molar-refractivity contribution in [3.8, 4) is 10.6 Å². The van der Waals surface area contributed by atoms with Crippen molar-refractivity contribution in [3.63, 3.8) is 0 Å². The molecule has 3 heteroatoms. The Bertz CT molecular complexity index is 580. The van der Waals surface area contributed by atoms with Crippen LogP contribution >= 0.6 is 11.3 Å². The Balaban J connectivity index is 1.98. The molecular weight excluding hydrogens is 242 g/mol. The van der Waals surface area contributed by atoms with Crippen molar-refractivity contribution in [1.82, 2.24) is 4.98 Å². The molecule has 94 valence electrons. The van der Waals surface area contributed by atoms with Gasteiger partial charge in [-0.15, -0.1) is 11.3 Å². The zero-order chi connectivity index (χ0) is 12.8. The van der Waals surface area contributed by atoms with Crippen molar-refractivity contribution in [3.05, 3.63) is 40.4 Å². The molecule has 3 rings (SSSR count). The van der Waals surface area contributed by atoms with Gasteiger partial charge in [-0.05, 0) is 50.3 Å². The lowest BCUT2D eigenvalue weighted by Gasteiger charge is -2.13. The summed E-state index contributed by atoms with van der Waals surface area (Å²) in [5, 5.41) is 12.9. The van der Waals surface area contributed by atoms with E-state index < -0.39 is 5.60 Å². The Labute approximate surface area is 111 Å². The van der Waals surface area contributed by atoms with E-state index in [9.17, 15) is 5.11 Å². The third-order valence-electron chi connectivity index (χ3n) is 3.48. The number of aromatic nitrogens is 1. The van der Waals surface area contributed by atoms with E-state index in [4.69, 9.17) is 0 Å². The van der Waals surface area contributed by atoms with Crippen LogP contribution in [0.15, 0.2) is 23.6 Å². The summed E-state index contributed by atoms with van der Waals surface area (Å²) in [6, 6.07) is 6.63. The van der Waals surface area contributed by atoms with Gasteiger partial charge in [0.05, 0.1) is 5.69 Å². The number of fused-ring (bicyclic) bond motifs is 1. The van der Waals surface area contributed by atoms with Crippen LogP contribution in [0.2, 0.25) is 0 Å². The van der Waals surface area contributed by atoms with Crippen LogP contribution < -0.4 is 0 Å². The summed E-state index contributed by atoms with van der Waals surface area (Å²) in [5.41, 5.74) is 4.02. The predicted molar refractivity (Wildman–Crippen MR) is 74.8 cm³/mol. The largest absolute Gasteiger partial charge is 0.384 e. The van der Waals surface area contributed by atoms with E-state index >= 15 is 0 Å². The summed E-state index contributed by atoms with van der Waals surface area (Å²) < 4.78 is 0. The lowest BCUT2D eigenvalue weighted by Crippen LogP contribution is -2.15. The second-order valence-corrected chi connectivity index (χ2v) is 6.29. The summed E-state index contributed by atoms with van der Waals surface area (Å²) in [6.07, 6.45) is 3.67. The van der Waals surface area contributed by atoms with E-state index in [1.165, 1.54) is 36.0 Å². The minimum absolute atomic E-state index is 0.753. The molecule has 0 unspecified atom stereocenters. The molecule has 18 heavy (non-hydrogen) atoms. The molecule has 1 aromatic heterocycles. The lowest BCUT2D eigenvalue weighted by molar-refractivity contribution is 0.0746. The zero-order valence-electron chi connectivity index (χ0n) is 10.7. The van der Waals surface area contributed by atoms with Crippen LogP contribution in [0.5, 0.6) is 0 Å². The number of rotatable bonds is 2. The highest BCUT2D eigenvalue weighted by Gasteiger charge is 2.20. The second kappa shape index (κ2) is 4.18. The van der Waals surface area contributed by atoms with Crippen molar-refractivity contribution in [1.29, 1.82) is 0 Å². The van der Waals surface area contributed by atoms with E-state index in [0.29, 0.717) is 0 Å². The fourth-order valence-electron chi connectivity index (χ4n) is 2.39. The van der Waals surface area contributed by atoms with Gasteiger partial charge in [0, 0.05) is 10.9 Å². The molecule has 1 heterocycles. The molecule has 0 radical (unpaired) electrons. The molecule has 0 spiro atoms. The Kier molecular flexibility index (Phi) is 2.76. The van der Waals surface area contributed by atoms with Crippen molar-refractivity contribution >= 4 is 11.3 Å². The minimum atomic E-state index is -0.856. The Morgan fingerprint density at radius 1 is 1.22 bits per heavy atom. The van der Waals surface area contributed by atoms with Crippen molar-refractivity contribution < 1.29 is 5.11 Å². The van der Waals surface area contributed by atoms with E-state index in [0.717, 1.165) is 10.7 Å². The van der Waals surface area contributed by atoms with Crippen LogP contribution in [0.3, 0.4) is 0 Å². The summed E-state index contributed by atoms with van der Waals surface area (Å²) in [4.78, 5) is 4.55. The second-order valence-electron chi connectivity index (χ2n) is 5.43. The monoisotopic (exact) mass is 259 g/mol. The predicted octanol–water partition coefficient (Wildman–Crippen LogP) is 3.53. The van der Waals surface area contributed by atoms with E-state index in [2.05, 4.69) is 23.2 Å². The van der Waals surface area contributed by atoms with Crippen LogP contribution in [0, 0.1) is 0 Å². The molecule has 0 aliphatic heterocycles. The summed E-state index contributed by atoms with van der Waals surface area (Å²) >= 11 is 1.60. The van der Waals surface area contributed by atoms with Gasteiger partial charge in [0.2, 0.25) is 0 Å². The maximum Gasteiger partial charge on any atom is 0.123 e. The summed E-state index contributed by atoms with van der Waals surface area (Å²) in [6.45, 7) is 3.54. The summed E-state index contributed by atoms with van der Waals surface area (Å²) in [7, 11) is 0. The average Bonchev–Trinajstić information content (AvgIpc) is 2.96. The quantitative estimate of drug-likeness (QED) is 0.895. The molecule has 0 bridgehead atoms. The van der Waals surface area contributed by atoms with Gasteiger partial charge < -0.3 is 5.11 Å². The molecule has 1 aromatic carbocycles. The molecule has 0 atom stereocenters. The fraction of sp³-hybridized carbons (Fsp3) is 0.400. The van der Waals surface area contributed by atoms with Gasteiger partial charge in [-0.2, -0.15) is 0 Å². The molecule has 0 saturated heterocycles. The number of benzene rings is 1. The molecule has 1 aliphatic carbocycles. The number of hydrogen-bond donors (Lipinski definition) is 1. The number of aryl methyl sites for hydroxylation is 2. The van der Waals surface area contributed by atoms with Crippen LogP contribution in [0.25, 0.3) is 10.6 Å². The molecule has 0 saturated carbocycles.